The molecule has 15 heavy (non-hydrogen) atoms. The van der Waals surface area contributed by atoms with Gasteiger partial charge in [0.05, 0.1) is 5.69 Å². The smallest absolute Gasteiger partial charge is 0.223 e. The van der Waals surface area contributed by atoms with E-state index in [9.17, 15) is 9.59 Å². The summed E-state index contributed by atoms with van der Waals surface area (Å²) in [4.78, 5) is 24.5. The third kappa shape index (κ3) is 1.54. The number of ketones is 1. The first-order chi connectivity index (χ1) is 7.11. The highest BCUT2D eigenvalue weighted by atomic mass is 16.2. The van der Waals surface area contributed by atoms with Gasteiger partial charge in [0.15, 0.2) is 5.78 Å². The molecule has 1 heterocycles. The average Bonchev–Trinajstić information content (AvgIpc) is 2.60. The number of carbonyl (C=O) groups excluding carboxylic acids is 2. The Labute approximate surface area is 88.7 Å². The lowest BCUT2D eigenvalue weighted by molar-refractivity contribution is -0.116. The SMILES string of the molecule is CC(=O)c1cccc2c1N(C(C)=O)CC2. The fraction of sp³-hybridized carbons (Fsp3) is 0.333. The van der Waals surface area contributed by atoms with Crippen molar-refractivity contribution in [3.8, 4) is 0 Å². The van der Waals surface area contributed by atoms with E-state index in [1.54, 1.807) is 11.0 Å². The van der Waals surface area contributed by atoms with Crippen molar-refractivity contribution in [2.45, 2.75) is 20.3 Å². The van der Waals surface area contributed by atoms with Crippen LogP contribution in [0.2, 0.25) is 0 Å². The fourth-order valence-electron chi connectivity index (χ4n) is 2.05. The third-order valence-corrected chi connectivity index (χ3v) is 2.75. The Kier molecular flexibility index (Phi) is 2.31. The summed E-state index contributed by atoms with van der Waals surface area (Å²) in [6.07, 6.45) is 0.843. The van der Waals surface area contributed by atoms with Crippen LogP contribution in [0.25, 0.3) is 0 Å². The van der Waals surface area contributed by atoms with Gasteiger partial charge >= 0.3 is 0 Å². The Bertz CT molecular complexity index is 437. The molecule has 1 aliphatic heterocycles. The van der Waals surface area contributed by atoms with E-state index in [-0.39, 0.29) is 11.7 Å². The maximum atomic E-state index is 11.4. The van der Waals surface area contributed by atoms with Gasteiger partial charge < -0.3 is 4.90 Å². The number of para-hydroxylation sites is 1. The van der Waals surface area contributed by atoms with Crippen LogP contribution in [-0.2, 0) is 11.2 Å². The molecule has 0 saturated carbocycles. The minimum absolute atomic E-state index is 0.00227. The van der Waals surface area contributed by atoms with Gasteiger partial charge in [-0.25, -0.2) is 0 Å². The molecule has 0 aliphatic carbocycles. The minimum Gasteiger partial charge on any atom is -0.311 e. The lowest BCUT2D eigenvalue weighted by Crippen LogP contribution is -2.27. The first-order valence-corrected chi connectivity index (χ1v) is 5.02. The van der Waals surface area contributed by atoms with Gasteiger partial charge in [0.2, 0.25) is 5.91 Å². The second-order valence-electron chi connectivity index (χ2n) is 3.79. The predicted molar refractivity (Wildman–Crippen MR) is 58.2 cm³/mol. The molecule has 0 atom stereocenters. The third-order valence-electron chi connectivity index (χ3n) is 2.75. The molecule has 3 nitrogen and oxygen atoms in total. The molecule has 78 valence electrons. The van der Waals surface area contributed by atoms with Gasteiger partial charge in [-0.2, -0.15) is 0 Å². The first kappa shape index (κ1) is 9.90. The molecule has 1 aromatic carbocycles. The summed E-state index contributed by atoms with van der Waals surface area (Å²) in [5.74, 6) is 0.0162. The highest BCUT2D eigenvalue weighted by molar-refractivity contribution is 6.06. The summed E-state index contributed by atoms with van der Waals surface area (Å²) < 4.78 is 0. The van der Waals surface area contributed by atoms with Crippen LogP contribution in [-0.4, -0.2) is 18.2 Å². The number of hydrogen-bond acceptors (Lipinski definition) is 2. The Hall–Kier alpha value is -1.64. The van der Waals surface area contributed by atoms with Gasteiger partial charge in [0.25, 0.3) is 0 Å². The number of nitrogens with zero attached hydrogens (tertiary/aromatic N) is 1. The van der Waals surface area contributed by atoms with Gasteiger partial charge in [-0.05, 0) is 25.0 Å². The molecule has 1 amide bonds. The van der Waals surface area contributed by atoms with E-state index in [1.165, 1.54) is 13.8 Å². The quantitative estimate of drug-likeness (QED) is 0.653. The molecular formula is C12H13NO2. The number of hydrogen-bond donors (Lipinski definition) is 0. The van der Waals surface area contributed by atoms with Gasteiger partial charge in [-0.1, -0.05) is 12.1 Å². The summed E-state index contributed by atoms with van der Waals surface area (Å²) >= 11 is 0. The largest absolute Gasteiger partial charge is 0.311 e. The van der Waals surface area contributed by atoms with Crippen LogP contribution >= 0.6 is 0 Å². The van der Waals surface area contributed by atoms with Crippen LogP contribution in [0.4, 0.5) is 5.69 Å². The summed E-state index contributed by atoms with van der Waals surface area (Å²) in [5.41, 5.74) is 2.57. The molecule has 1 aliphatic rings. The predicted octanol–water partition coefficient (Wildman–Crippen LogP) is 1.80. The molecule has 1 aromatic rings. The van der Waals surface area contributed by atoms with Crippen LogP contribution < -0.4 is 4.90 Å². The van der Waals surface area contributed by atoms with E-state index in [1.807, 2.05) is 12.1 Å². The van der Waals surface area contributed by atoms with Crippen LogP contribution in [0.5, 0.6) is 0 Å². The lowest BCUT2D eigenvalue weighted by Gasteiger charge is -2.17. The number of fused-ring (bicyclic) bond motifs is 1. The van der Waals surface area contributed by atoms with Crippen molar-refractivity contribution in [3.63, 3.8) is 0 Å². The highest BCUT2D eigenvalue weighted by Crippen LogP contribution is 2.31. The zero-order valence-corrected chi connectivity index (χ0v) is 8.91. The number of benzene rings is 1. The van der Waals surface area contributed by atoms with Crippen molar-refractivity contribution >= 4 is 17.4 Å². The Morgan fingerprint density at radius 3 is 2.60 bits per heavy atom. The summed E-state index contributed by atoms with van der Waals surface area (Å²) in [6.45, 7) is 3.76. The second-order valence-corrected chi connectivity index (χ2v) is 3.79. The summed E-state index contributed by atoms with van der Waals surface area (Å²) in [5, 5.41) is 0. The molecule has 0 aromatic heterocycles. The standard InChI is InChI=1S/C12H13NO2/c1-8(14)11-5-3-4-10-6-7-13(9(2)15)12(10)11/h3-5H,6-7H2,1-2H3. The normalized spacial score (nSPS) is 13.9. The monoisotopic (exact) mass is 203 g/mol. The average molecular weight is 203 g/mol. The van der Waals surface area contributed by atoms with Crippen LogP contribution in [0.3, 0.4) is 0 Å². The molecule has 0 bridgehead atoms. The molecule has 0 fully saturated rings. The van der Waals surface area contributed by atoms with Crippen LogP contribution in [0.1, 0.15) is 29.8 Å². The van der Waals surface area contributed by atoms with Crippen molar-refractivity contribution < 1.29 is 9.59 Å². The Morgan fingerprint density at radius 1 is 1.27 bits per heavy atom. The van der Waals surface area contributed by atoms with Gasteiger partial charge in [-0.15, -0.1) is 0 Å². The zero-order valence-electron chi connectivity index (χ0n) is 8.91. The topological polar surface area (TPSA) is 37.4 Å². The van der Waals surface area contributed by atoms with E-state index in [2.05, 4.69) is 0 Å². The Morgan fingerprint density at radius 2 is 2.00 bits per heavy atom. The molecule has 0 saturated heterocycles. The number of anilines is 1. The van der Waals surface area contributed by atoms with Crippen LogP contribution in [0.15, 0.2) is 18.2 Å². The molecule has 0 radical (unpaired) electrons. The van der Waals surface area contributed by atoms with Crippen molar-refractivity contribution in [1.82, 2.24) is 0 Å². The summed E-state index contributed by atoms with van der Waals surface area (Å²) in [7, 11) is 0. The lowest BCUT2D eigenvalue weighted by atomic mass is 10.0. The zero-order chi connectivity index (χ0) is 11.0. The molecule has 0 spiro atoms. The molecule has 0 unspecified atom stereocenters. The van der Waals surface area contributed by atoms with Gasteiger partial charge in [0.1, 0.15) is 0 Å². The van der Waals surface area contributed by atoms with Crippen molar-refractivity contribution in [2.24, 2.45) is 0 Å². The van der Waals surface area contributed by atoms with E-state index < -0.39 is 0 Å². The number of Topliss-reactive ketones (excluding diaryl/α,β-unsaturated/α-hetero) is 1. The van der Waals surface area contributed by atoms with Crippen LogP contribution in [0, 0.1) is 0 Å². The van der Waals surface area contributed by atoms with Crippen molar-refractivity contribution in [2.75, 3.05) is 11.4 Å². The van der Waals surface area contributed by atoms with Gasteiger partial charge in [-0.3, -0.25) is 9.59 Å². The molecule has 3 heteroatoms. The molecule has 2 rings (SSSR count). The second kappa shape index (κ2) is 3.50. The van der Waals surface area contributed by atoms with E-state index in [0.717, 1.165) is 17.7 Å². The minimum atomic E-state index is 0.00227. The number of rotatable bonds is 1. The van der Waals surface area contributed by atoms with E-state index in [4.69, 9.17) is 0 Å². The number of carbonyl (C=O) groups is 2. The first-order valence-electron chi connectivity index (χ1n) is 5.02. The van der Waals surface area contributed by atoms with Crippen molar-refractivity contribution in [3.05, 3.63) is 29.3 Å². The molecule has 0 N–H and O–H groups in total. The van der Waals surface area contributed by atoms with E-state index >= 15 is 0 Å². The number of amides is 1. The van der Waals surface area contributed by atoms with Gasteiger partial charge in [0, 0.05) is 19.0 Å². The fourth-order valence-corrected chi connectivity index (χ4v) is 2.05. The summed E-state index contributed by atoms with van der Waals surface area (Å²) in [6, 6.07) is 5.63. The van der Waals surface area contributed by atoms with E-state index in [0.29, 0.717) is 12.1 Å². The maximum absolute atomic E-state index is 11.4. The maximum Gasteiger partial charge on any atom is 0.223 e. The van der Waals surface area contributed by atoms with Crippen molar-refractivity contribution in [1.29, 1.82) is 0 Å². The molecular weight excluding hydrogens is 190 g/mol. The Balaban J connectivity index is 2.58. The highest BCUT2D eigenvalue weighted by Gasteiger charge is 2.25.